The molecular formula is C18H30NO4S+. The summed E-state index contributed by atoms with van der Waals surface area (Å²) in [7, 11) is 0.287. The second-order valence-corrected chi connectivity index (χ2v) is 7.94. The summed E-state index contributed by atoms with van der Waals surface area (Å²) in [6, 6.07) is 7.40. The van der Waals surface area contributed by atoms with Crippen molar-refractivity contribution in [1.82, 2.24) is 0 Å². The lowest BCUT2D eigenvalue weighted by Crippen LogP contribution is -2.27. The number of amides is 1. The monoisotopic (exact) mass is 356 g/mol. The van der Waals surface area contributed by atoms with Crippen LogP contribution < -0.4 is 10.1 Å². The molecule has 0 unspecified atom stereocenters. The highest BCUT2D eigenvalue weighted by molar-refractivity contribution is 7.95. The van der Waals surface area contributed by atoms with Gasteiger partial charge >= 0.3 is 0 Å². The molecule has 136 valence electrons. The summed E-state index contributed by atoms with van der Waals surface area (Å²) >= 11 is 0. The number of carbonyl (C=O) groups excluding carboxylic acids is 1. The maximum Gasteiger partial charge on any atom is 0.229 e. The number of hydrogen-bond donors (Lipinski definition) is 1. The maximum absolute atomic E-state index is 11.8. The zero-order valence-corrected chi connectivity index (χ0v) is 16.0. The van der Waals surface area contributed by atoms with Crippen LogP contribution in [-0.4, -0.2) is 56.7 Å². The Hall–Kier alpha value is -1.24. The number of carbonyl (C=O) groups is 1. The van der Waals surface area contributed by atoms with Crippen LogP contribution in [0.1, 0.15) is 20.3 Å². The van der Waals surface area contributed by atoms with Gasteiger partial charge in [0.15, 0.2) is 0 Å². The van der Waals surface area contributed by atoms with Crippen molar-refractivity contribution in [2.24, 2.45) is 0 Å². The largest absolute Gasteiger partial charge is 0.491 e. The summed E-state index contributed by atoms with van der Waals surface area (Å²) in [5.74, 6) is 1.72. The standard InChI is InChI=1S/C18H29NO4S/c1-5-21-13-17(22-6-2)14-23-16-9-7-15(8-10-16)19-18(20)11-12-24(3)4/h7-10,17H,5-6,11-14H2,1-4H3/p+1/t17-/m0/s1. The molecule has 24 heavy (non-hydrogen) atoms. The molecule has 0 aromatic heterocycles. The lowest BCUT2D eigenvalue weighted by Gasteiger charge is -2.17. The molecule has 0 bridgehead atoms. The number of rotatable bonds is 12. The van der Waals surface area contributed by atoms with Crippen molar-refractivity contribution in [3.8, 4) is 5.75 Å². The maximum atomic E-state index is 11.8. The van der Waals surface area contributed by atoms with Crippen LogP contribution in [0.4, 0.5) is 5.69 Å². The summed E-state index contributed by atoms with van der Waals surface area (Å²) < 4.78 is 16.7. The highest BCUT2D eigenvalue weighted by Gasteiger charge is 2.11. The molecule has 1 rings (SSSR count). The lowest BCUT2D eigenvalue weighted by atomic mass is 10.3. The molecule has 1 amide bonds. The van der Waals surface area contributed by atoms with E-state index >= 15 is 0 Å². The van der Waals surface area contributed by atoms with Gasteiger partial charge in [-0.1, -0.05) is 0 Å². The summed E-state index contributed by atoms with van der Waals surface area (Å²) in [6.45, 7) is 6.16. The van der Waals surface area contributed by atoms with Gasteiger partial charge in [0.05, 0.1) is 25.5 Å². The van der Waals surface area contributed by atoms with E-state index in [4.69, 9.17) is 14.2 Å². The van der Waals surface area contributed by atoms with Gasteiger partial charge in [-0.25, -0.2) is 0 Å². The van der Waals surface area contributed by atoms with Gasteiger partial charge in [0.1, 0.15) is 24.2 Å². The Balaban J connectivity index is 2.41. The molecule has 0 radical (unpaired) electrons. The number of hydrogen-bond acceptors (Lipinski definition) is 4. The Morgan fingerprint density at radius 2 is 1.83 bits per heavy atom. The molecule has 0 fully saturated rings. The first-order chi connectivity index (χ1) is 11.5. The Bertz CT molecular complexity index is 465. The van der Waals surface area contributed by atoms with E-state index in [-0.39, 0.29) is 22.9 Å². The van der Waals surface area contributed by atoms with Crippen LogP contribution in [0.2, 0.25) is 0 Å². The first kappa shape index (κ1) is 20.8. The average Bonchev–Trinajstić information content (AvgIpc) is 2.57. The molecule has 1 aromatic carbocycles. The summed E-state index contributed by atoms with van der Waals surface area (Å²) in [5.41, 5.74) is 0.787. The van der Waals surface area contributed by atoms with Crippen molar-refractivity contribution in [3.05, 3.63) is 24.3 Å². The van der Waals surface area contributed by atoms with Gasteiger partial charge in [-0.3, -0.25) is 4.79 Å². The Morgan fingerprint density at radius 1 is 1.12 bits per heavy atom. The average molecular weight is 357 g/mol. The zero-order valence-electron chi connectivity index (χ0n) is 15.2. The molecule has 0 heterocycles. The van der Waals surface area contributed by atoms with Crippen LogP contribution in [0.3, 0.4) is 0 Å². The first-order valence-electron chi connectivity index (χ1n) is 8.31. The summed E-state index contributed by atoms with van der Waals surface area (Å²) in [4.78, 5) is 11.8. The molecule has 0 spiro atoms. The van der Waals surface area contributed by atoms with Gasteiger partial charge in [-0.2, -0.15) is 0 Å². The zero-order chi connectivity index (χ0) is 17.8. The number of anilines is 1. The topological polar surface area (TPSA) is 56.8 Å². The Morgan fingerprint density at radius 3 is 2.42 bits per heavy atom. The normalized spacial score (nSPS) is 12.2. The lowest BCUT2D eigenvalue weighted by molar-refractivity contribution is -0.115. The number of nitrogens with one attached hydrogen (secondary N) is 1. The van der Waals surface area contributed by atoms with Crippen molar-refractivity contribution in [2.75, 3.05) is 50.0 Å². The minimum absolute atomic E-state index is 0.0537. The van der Waals surface area contributed by atoms with Crippen LogP contribution in [0.15, 0.2) is 24.3 Å². The van der Waals surface area contributed by atoms with Gasteiger partial charge in [0.2, 0.25) is 5.91 Å². The Labute approximate surface area is 148 Å². The van der Waals surface area contributed by atoms with E-state index in [0.29, 0.717) is 32.8 Å². The quantitative estimate of drug-likeness (QED) is 0.585. The predicted octanol–water partition coefficient (Wildman–Crippen LogP) is 2.71. The minimum atomic E-state index is -0.0776. The van der Waals surface area contributed by atoms with E-state index in [1.807, 2.05) is 38.1 Å². The van der Waals surface area contributed by atoms with Crippen molar-refractivity contribution in [2.45, 2.75) is 26.4 Å². The summed E-state index contributed by atoms with van der Waals surface area (Å²) in [6.07, 6.45) is 4.76. The van der Waals surface area contributed by atoms with Crippen LogP contribution in [0.5, 0.6) is 5.75 Å². The molecule has 0 aliphatic carbocycles. The highest BCUT2D eigenvalue weighted by Crippen LogP contribution is 2.16. The van der Waals surface area contributed by atoms with Crippen LogP contribution in [0.25, 0.3) is 0 Å². The molecule has 0 saturated heterocycles. The van der Waals surface area contributed by atoms with Crippen LogP contribution in [0, 0.1) is 0 Å². The molecule has 5 nitrogen and oxygen atoms in total. The van der Waals surface area contributed by atoms with Gasteiger partial charge < -0.3 is 19.5 Å². The fraction of sp³-hybridized carbons (Fsp3) is 0.611. The van der Waals surface area contributed by atoms with Crippen molar-refractivity contribution < 1.29 is 19.0 Å². The van der Waals surface area contributed by atoms with E-state index in [9.17, 15) is 4.79 Å². The molecule has 1 atom stereocenters. The molecule has 1 aromatic rings. The molecule has 6 heteroatoms. The number of ether oxygens (including phenoxy) is 3. The third kappa shape index (κ3) is 9.15. The summed E-state index contributed by atoms with van der Waals surface area (Å²) in [5, 5.41) is 2.90. The minimum Gasteiger partial charge on any atom is -0.491 e. The fourth-order valence-corrected chi connectivity index (χ4v) is 2.57. The third-order valence-corrected chi connectivity index (χ3v) is 4.24. The van der Waals surface area contributed by atoms with E-state index in [1.165, 1.54) is 0 Å². The first-order valence-corrected chi connectivity index (χ1v) is 10.5. The van der Waals surface area contributed by atoms with Crippen molar-refractivity contribution in [3.63, 3.8) is 0 Å². The second kappa shape index (κ2) is 12.2. The van der Waals surface area contributed by atoms with E-state index in [0.717, 1.165) is 17.2 Å². The molecular weight excluding hydrogens is 326 g/mol. The van der Waals surface area contributed by atoms with Gasteiger partial charge in [0.25, 0.3) is 0 Å². The van der Waals surface area contributed by atoms with Gasteiger partial charge in [-0.15, -0.1) is 0 Å². The van der Waals surface area contributed by atoms with Gasteiger partial charge in [-0.05, 0) is 49.0 Å². The molecule has 0 aliphatic heterocycles. The van der Waals surface area contributed by atoms with Crippen LogP contribution >= 0.6 is 0 Å². The predicted molar refractivity (Wildman–Crippen MR) is 101 cm³/mol. The molecule has 0 saturated carbocycles. The van der Waals surface area contributed by atoms with Crippen LogP contribution in [-0.2, 0) is 25.2 Å². The van der Waals surface area contributed by atoms with E-state index in [2.05, 4.69) is 17.8 Å². The Kier molecular flexibility index (Phi) is 10.5. The van der Waals surface area contributed by atoms with Gasteiger partial charge in [0, 0.05) is 18.9 Å². The second-order valence-electron chi connectivity index (χ2n) is 5.56. The van der Waals surface area contributed by atoms with E-state index < -0.39 is 0 Å². The number of benzene rings is 1. The molecule has 1 N–H and O–H groups in total. The smallest absolute Gasteiger partial charge is 0.229 e. The van der Waals surface area contributed by atoms with E-state index in [1.54, 1.807) is 0 Å². The highest BCUT2D eigenvalue weighted by atomic mass is 32.2. The van der Waals surface area contributed by atoms with Crippen molar-refractivity contribution in [1.29, 1.82) is 0 Å². The fourth-order valence-electron chi connectivity index (χ4n) is 1.97. The SMILES string of the molecule is CCOC[C@@H](COc1ccc(NC(=O)CC[S+](C)C)cc1)OCC. The third-order valence-electron chi connectivity index (χ3n) is 3.22. The molecule has 0 aliphatic rings. The van der Waals surface area contributed by atoms with Crippen molar-refractivity contribution >= 4 is 22.5 Å².